The largest absolute Gasteiger partial charge is 0.479 e. The molecule has 5 atom stereocenters. The standard InChI is InChI=1S/C30H28N6O9/c1-2-43-30-31-20-9-5-8-19(28(42)45-29-24(39)22(37)23(38)25(44-29)27(40)41)21(20)36(30)14-15-10-12-16(13-11-15)17-6-3-4-7-18(17)26-32-34-35-33-26/h3-13,22-25,29,37-39H,2,14H2,1H3,(H,40,41)(H,32,33,34,35)/t22-,23-,24+,25-,29-/m1/s1. The summed E-state index contributed by atoms with van der Waals surface area (Å²) in [7, 11) is 0. The normalized spacial score (nSPS) is 21.5. The van der Waals surface area contributed by atoms with Crippen LogP contribution in [0, 0.1) is 0 Å². The van der Waals surface area contributed by atoms with Gasteiger partial charge in [0.25, 0.3) is 6.01 Å². The van der Waals surface area contributed by atoms with Crippen LogP contribution in [0.5, 0.6) is 6.01 Å². The van der Waals surface area contributed by atoms with Crippen molar-refractivity contribution in [2.45, 2.75) is 44.2 Å². The number of H-pyrrole nitrogens is 1. The Morgan fingerprint density at radius 1 is 0.956 bits per heavy atom. The van der Waals surface area contributed by atoms with Crippen molar-refractivity contribution in [1.82, 2.24) is 30.2 Å². The number of carbonyl (C=O) groups excluding carboxylic acids is 1. The van der Waals surface area contributed by atoms with E-state index in [0.717, 1.165) is 22.3 Å². The van der Waals surface area contributed by atoms with Crippen LogP contribution in [0.4, 0.5) is 0 Å². The molecule has 0 saturated carbocycles. The number of ether oxygens (including phenoxy) is 3. The molecule has 3 aromatic carbocycles. The van der Waals surface area contributed by atoms with E-state index < -0.39 is 42.6 Å². The van der Waals surface area contributed by atoms with Crippen LogP contribution in [0.25, 0.3) is 33.5 Å². The SMILES string of the molecule is CCOc1nc2cccc(C(=O)O[C@H]3O[C@@H](C(=O)O)[C@H](O)[C@@H](O)[C@@H]3O)c2n1Cc1ccc(-c2ccccc2-c2nn[nH]n2)cc1. The third-order valence-electron chi connectivity index (χ3n) is 7.38. The van der Waals surface area contributed by atoms with Crippen LogP contribution in [-0.2, 0) is 20.8 Å². The number of esters is 1. The van der Waals surface area contributed by atoms with E-state index in [9.17, 15) is 30.0 Å². The summed E-state index contributed by atoms with van der Waals surface area (Å²) in [6.45, 7) is 2.35. The first-order valence-electron chi connectivity index (χ1n) is 13.9. The topological polar surface area (TPSA) is 215 Å². The number of aromatic nitrogens is 6. The van der Waals surface area contributed by atoms with Crippen molar-refractivity contribution in [3.63, 3.8) is 0 Å². The van der Waals surface area contributed by atoms with Gasteiger partial charge in [-0.05, 0) is 41.0 Å². The number of nitrogens with one attached hydrogen (secondary N) is 1. The number of aliphatic carboxylic acids is 1. The first-order valence-corrected chi connectivity index (χ1v) is 13.9. The summed E-state index contributed by atoms with van der Waals surface area (Å²) in [5.74, 6) is -2.11. The molecule has 6 rings (SSSR count). The van der Waals surface area contributed by atoms with Crippen LogP contribution in [0.3, 0.4) is 0 Å². The predicted octanol–water partition coefficient (Wildman–Crippen LogP) is 1.38. The Morgan fingerprint density at radius 3 is 2.40 bits per heavy atom. The lowest BCUT2D eigenvalue weighted by molar-refractivity contribution is -0.278. The second-order valence-electron chi connectivity index (χ2n) is 10.2. The molecule has 15 heteroatoms. The van der Waals surface area contributed by atoms with Gasteiger partial charge < -0.3 is 34.6 Å². The van der Waals surface area contributed by atoms with Gasteiger partial charge in [0.15, 0.2) is 6.10 Å². The van der Waals surface area contributed by atoms with Crippen molar-refractivity contribution < 1.29 is 44.2 Å². The molecule has 0 aliphatic carbocycles. The number of aliphatic hydroxyl groups excluding tert-OH is 3. The van der Waals surface area contributed by atoms with Crippen molar-refractivity contribution in [2.24, 2.45) is 0 Å². The molecule has 1 aliphatic rings. The van der Waals surface area contributed by atoms with E-state index in [1.54, 1.807) is 23.6 Å². The van der Waals surface area contributed by atoms with E-state index in [0.29, 0.717) is 23.5 Å². The monoisotopic (exact) mass is 616 g/mol. The van der Waals surface area contributed by atoms with Gasteiger partial charge in [-0.15, -0.1) is 10.2 Å². The predicted molar refractivity (Wildman–Crippen MR) is 155 cm³/mol. The van der Waals surface area contributed by atoms with Gasteiger partial charge >= 0.3 is 11.9 Å². The number of hydrogen-bond acceptors (Lipinski definition) is 12. The lowest BCUT2D eigenvalue weighted by atomic mass is 9.98. The fraction of sp³-hybridized carbons (Fsp3) is 0.267. The Morgan fingerprint density at radius 2 is 1.71 bits per heavy atom. The molecule has 1 saturated heterocycles. The fourth-order valence-electron chi connectivity index (χ4n) is 5.21. The van der Waals surface area contributed by atoms with Crippen LogP contribution in [0.15, 0.2) is 66.7 Å². The summed E-state index contributed by atoms with van der Waals surface area (Å²) < 4.78 is 18.0. The molecule has 0 unspecified atom stereocenters. The van der Waals surface area contributed by atoms with Gasteiger partial charge in [-0.3, -0.25) is 4.57 Å². The molecule has 232 valence electrons. The summed E-state index contributed by atoms with van der Waals surface area (Å²) in [6, 6.07) is 20.4. The van der Waals surface area contributed by atoms with Crippen molar-refractivity contribution in [1.29, 1.82) is 0 Å². The van der Waals surface area contributed by atoms with Crippen LogP contribution in [0.2, 0.25) is 0 Å². The maximum Gasteiger partial charge on any atom is 0.342 e. The number of rotatable bonds is 9. The number of aromatic amines is 1. The highest BCUT2D eigenvalue weighted by atomic mass is 16.7. The summed E-state index contributed by atoms with van der Waals surface area (Å²) in [5, 5.41) is 54.1. The van der Waals surface area contributed by atoms with E-state index in [-0.39, 0.29) is 18.1 Å². The molecule has 1 fully saturated rings. The smallest absolute Gasteiger partial charge is 0.342 e. The zero-order valence-electron chi connectivity index (χ0n) is 23.7. The van der Waals surface area contributed by atoms with E-state index in [1.165, 1.54) is 6.07 Å². The molecule has 5 N–H and O–H groups in total. The molecule has 45 heavy (non-hydrogen) atoms. The van der Waals surface area contributed by atoms with Gasteiger partial charge in [0, 0.05) is 5.56 Å². The highest BCUT2D eigenvalue weighted by Crippen LogP contribution is 2.32. The number of para-hydroxylation sites is 1. The van der Waals surface area contributed by atoms with E-state index in [2.05, 4.69) is 25.6 Å². The number of nitrogens with zero attached hydrogens (tertiary/aromatic N) is 5. The number of carbonyl (C=O) groups is 2. The number of aliphatic hydroxyl groups is 3. The average Bonchev–Trinajstić information content (AvgIpc) is 3.70. The molecular formula is C30H28N6O9. The number of carboxylic acid groups (broad SMARTS) is 1. The zero-order chi connectivity index (χ0) is 31.7. The average molecular weight is 617 g/mol. The third kappa shape index (κ3) is 5.72. The van der Waals surface area contributed by atoms with Gasteiger partial charge in [0.1, 0.15) is 18.3 Å². The minimum Gasteiger partial charge on any atom is -0.479 e. The third-order valence-corrected chi connectivity index (χ3v) is 7.38. The molecule has 1 aliphatic heterocycles. The summed E-state index contributed by atoms with van der Waals surface area (Å²) >= 11 is 0. The van der Waals surface area contributed by atoms with Gasteiger partial charge in [0.05, 0.1) is 29.7 Å². The Hall–Kier alpha value is -5.22. The van der Waals surface area contributed by atoms with Gasteiger partial charge in [0.2, 0.25) is 12.1 Å². The van der Waals surface area contributed by atoms with E-state index >= 15 is 0 Å². The highest BCUT2D eigenvalue weighted by Gasteiger charge is 2.48. The molecule has 0 spiro atoms. The Kier molecular flexibility index (Phi) is 8.23. The molecule has 0 amide bonds. The van der Waals surface area contributed by atoms with Crippen LogP contribution >= 0.6 is 0 Å². The highest BCUT2D eigenvalue weighted by molar-refractivity contribution is 6.02. The molecule has 15 nitrogen and oxygen atoms in total. The van der Waals surface area contributed by atoms with E-state index in [4.69, 9.17) is 14.2 Å². The first-order chi connectivity index (χ1) is 21.8. The number of carboxylic acids is 1. The second kappa shape index (κ2) is 12.4. The minimum absolute atomic E-state index is 0.0277. The number of fused-ring (bicyclic) bond motifs is 1. The number of imidazole rings is 1. The lowest BCUT2D eigenvalue weighted by Gasteiger charge is -2.37. The van der Waals surface area contributed by atoms with E-state index in [1.807, 2.05) is 48.5 Å². The van der Waals surface area contributed by atoms with Gasteiger partial charge in [-0.1, -0.05) is 54.6 Å². The molecule has 0 radical (unpaired) electrons. The summed E-state index contributed by atoms with van der Waals surface area (Å²) in [6.07, 6.45) is -9.53. The Balaban J connectivity index is 1.31. The number of tetrazole rings is 1. The first kappa shape index (κ1) is 29.8. The van der Waals surface area contributed by atoms with Crippen molar-refractivity contribution in [2.75, 3.05) is 6.61 Å². The maximum atomic E-state index is 13.4. The van der Waals surface area contributed by atoms with Crippen molar-refractivity contribution in [3.8, 4) is 28.5 Å². The zero-order valence-corrected chi connectivity index (χ0v) is 23.7. The molecule has 5 aromatic rings. The lowest BCUT2D eigenvalue weighted by Crippen LogP contribution is -2.60. The van der Waals surface area contributed by atoms with Gasteiger partial charge in [-0.2, -0.15) is 10.2 Å². The molecule has 0 bridgehead atoms. The second-order valence-corrected chi connectivity index (χ2v) is 10.2. The molecule has 3 heterocycles. The Labute approximate surface area is 254 Å². The fourth-order valence-corrected chi connectivity index (χ4v) is 5.21. The van der Waals surface area contributed by atoms with Crippen LogP contribution < -0.4 is 4.74 Å². The van der Waals surface area contributed by atoms with Crippen LogP contribution in [-0.4, -0.2) is 99.9 Å². The number of hydrogen-bond donors (Lipinski definition) is 5. The minimum atomic E-state index is -1.93. The van der Waals surface area contributed by atoms with Crippen molar-refractivity contribution >= 4 is 23.0 Å². The summed E-state index contributed by atoms with van der Waals surface area (Å²) in [4.78, 5) is 29.5. The number of benzene rings is 3. The molecular weight excluding hydrogens is 588 g/mol. The summed E-state index contributed by atoms with van der Waals surface area (Å²) in [5.41, 5.74) is 4.30. The molecule has 2 aromatic heterocycles. The van der Waals surface area contributed by atoms with Gasteiger partial charge in [-0.25, -0.2) is 9.59 Å². The maximum absolute atomic E-state index is 13.4. The quantitative estimate of drug-likeness (QED) is 0.148. The van der Waals surface area contributed by atoms with Crippen LogP contribution in [0.1, 0.15) is 22.8 Å². The Bertz CT molecular complexity index is 1830. The van der Waals surface area contributed by atoms with Crippen molar-refractivity contribution in [3.05, 3.63) is 77.9 Å².